The zero-order chi connectivity index (χ0) is 13.2. The van der Waals surface area contributed by atoms with E-state index in [0.717, 1.165) is 19.3 Å². The van der Waals surface area contributed by atoms with Gasteiger partial charge in [-0.3, -0.25) is 4.55 Å². The highest BCUT2D eigenvalue weighted by atomic mass is 32.3. The Labute approximate surface area is 98.6 Å². The van der Waals surface area contributed by atoms with Crippen molar-refractivity contribution in [3.05, 3.63) is 12.7 Å². The molecule has 0 aliphatic rings. The molecule has 0 unspecified atom stereocenters. The molecule has 0 aromatic heterocycles. The summed E-state index contributed by atoms with van der Waals surface area (Å²) in [7, 11) is -4.26. The summed E-state index contributed by atoms with van der Waals surface area (Å²) in [6, 6.07) is 0. The molecule has 0 saturated carbocycles. The molecule has 0 rings (SSSR count). The third-order valence-electron chi connectivity index (χ3n) is 2.45. The van der Waals surface area contributed by atoms with E-state index in [4.69, 9.17) is 10.3 Å². The molecule has 0 atom stereocenters. The van der Waals surface area contributed by atoms with Gasteiger partial charge in [-0.15, -0.1) is 6.58 Å². The minimum absolute atomic E-state index is 0.125. The van der Waals surface area contributed by atoms with Gasteiger partial charge in [-0.25, -0.2) is 4.18 Å². The maximum absolute atomic E-state index is 9.68. The summed E-state index contributed by atoms with van der Waals surface area (Å²) in [4.78, 5) is 0. The van der Waals surface area contributed by atoms with Crippen LogP contribution in [-0.4, -0.2) is 25.1 Å². The van der Waals surface area contributed by atoms with Crippen molar-refractivity contribution in [3.8, 4) is 0 Å². The van der Waals surface area contributed by atoms with Crippen LogP contribution in [-0.2, 0) is 14.6 Å². The molecule has 0 fully saturated rings. The van der Waals surface area contributed by atoms with Gasteiger partial charge in [0.15, 0.2) is 0 Å². The quantitative estimate of drug-likeness (QED) is 0.557. The molecule has 0 aliphatic carbocycles. The molecule has 0 bridgehead atoms. The Morgan fingerprint density at radius 2 is 1.69 bits per heavy atom. The van der Waals surface area contributed by atoms with Crippen LogP contribution in [0.25, 0.3) is 0 Å². The molecule has 3 N–H and O–H groups in total. The Kier molecular flexibility index (Phi) is 9.75. The zero-order valence-electron chi connectivity index (χ0n) is 10.3. The van der Waals surface area contributed by atoms with Crippen molar-refractivity contribution in [1.29, 1.82) is 0 Å². The third-order valence-corrected chi connectivity index (χ3v) is 2.88. The zero-order valence-corrected chi connectivity index (χ0v) is 11.1. The van der Waals surface area contributed by atoms with Crippen LogP contribution in [0.15, 0.2) is 12.7 Å². The van der Waals surface area contributed by atoms with Gasteiger partial charge in [0, 0.05) is 5.54 Å². The van der Waals surface area contributed by atoms with Gasteiger partial charge in [0.25, 0.3) is 0 Å². The van der Waals surface area contributed by atoms with E-state index >= 15 is 0 Å². The van der Waals surface area contributed by atoms with E-state index in [0.29, 0.717) is 0 Å². The third kappa shape index (κ3) is 11.6. The second-order valence-corrected chi connectivity index (χ2v) is 4.52. The molecule has 0 spiro atoms. The minimum Gasteiger partial charge on any atom is -0.325 e. The Bertz CT molecular complexity index is 262. The van der Waals surface area contributed by atoms with Gasteiger partial charge in [0.1, 0.15) is 0 Å². The molecule has 6 heteroatoms. The van der Waals surface area contributed by atoms with Gasteiger partial charge in [0.2, 0.25) is 0 Å². The lowest BCUT2D eigenvalue weighted by atomic mass is 9.92. The van der Waals surface area contributed by atoms with Crippen molar-refractivity contribution in [1.82, 2.24) is 0 Å². The number of hydrogen-bond donors (Lipinski definition) is 2. The van der Waals surface area contributed by atoms with E-state index in [2.05, 4.69) is 31.5 Å². The number of hydrogen-bond acceptors (Lipinski definition) is 4. The van der Waals surface area contributed by atoms with Crippen LogP contribution in [0.4, 0.5) is 0 Å². The molecule has 0 aliphatic heterocycles. The first kappa shape index (κ1) is 17.9. The van der Waals surface area contributed by atoms with Crippen molar-refractivity contribution < 1.29 is 17.2 Å². The summed E-state index contributed by atoms with van der Waals surface area (Å²) in [5.74, 6) is 0. The first-order chi connectivity index (χ1) is 7.24. The predicted molar refractivity (Wildman–Crippen MR) is 65.5 cm³/mol. The van der Waals surface area contributed by atoms with Gasteiger partial charge in [-0.05, 0) is 19.3 Å². The first-order valence-corrected chi connectivity index (χ1v) is 6.62. The van der Waals surface area contributed by atoms with Gasteiger partial charge in [0.05, 0.1) is 6.61 Å². The second kappa shape index (κ2) is 8.69. The minimum atomic E-state index is -4.26. The van der Waals surface area contributed by atoms with E-state index in [9.17, 15) is 8.42 Å². The highest BCUT2D eigenvalue weighted by Gasteiger charge is 2.15. The van der Waals surface area contributed by atoms with Gasteiger partial charge in [-0.2, -0.15) is 8.42 Å². The van der Waals surface area contributed by atoms with Gasteiger partial charge < -0.3 is 5.73 Å². The van der Waals surface area contributed by atoms with Crippen LogP contribution in [0, 0.1) is 0 Å². The fraction of sp³-hybridized carbons (Fsp3) is 0.800. The standard InChI is InChI=1S/C7H17N.C3H6O4S/c1-4-7(8,5-2)6-3;1-2-3-7-8(4,5)6/h4-6,8H2,1-3H3;2H,1,3H2,(H,4,5,6). The van der Waals surface area contributed by atoms with Crippen LogP contribution >= 0.6 is 0 Å². The summed E-state index contributed by atoms with van der Waals surface area (Å²) in [5.41, 5.74) is 6.02. The van der Waals surface area contributed by atoms with Crippen LogP contribution in [0.3, 0.4) is 0 Å². The Morgan fingerprint density at radius 1 is 1.31 bits per heavy atom. The molecule has 0 radical (unpaired) electrons. The lowest BCUT2D eigenvalue weighted by Crippen LogP contribution is -2.37. The van der Waals surface area contributed by atoms with Crippen LogP contribution in [0.5, 0.6) is 0 Å². The predicted octanol–water partition coefficient (Wildman–Crippen LogP) is 1.91. The normalized spacial score (nSPS) is 11.6. The van der Waals surface area contributed by atoms with Crippen LogP contribution in [0.2, 0.25) is 0 Å². The highest BCUT2D eigenvalue weighted by molar-refractivity contribution is 7.80. The molecule has 0 aromatic carbocycles. The second-order valence-electron chi connectivity index (χ2n) is 3.42. The monoisotopic (exact) mass is 253 g/mol. The maximum Gasteiger partial charge on any atom is 0.397 e. The maximum atomic E-state index is 9.68. The van der Waals surface area contributed by atoms with Crippen molar-refractivity contribution in [2.75, 3.05) is 6.61 Å². The molecule has 0 saturated heterocycles. The molecule has 0 heterocycles. The van der Waals surface area contributed by atoms with Gasteiger partial charge >= 0.3 is 10.4 Å². The van der Waals surface area contributed by atoms with Crippen molar-refractivity contribution in [2.45, 2.75) is 45.6 Å². The Morgan fingerprint density at radius 3 is 1.75 bits per heavy atom. The van der Waals surface area contributed by atoms with E-state index in [1.807, 2.05) is 0 Å². The fourth-order valence-electron chi connectivity index (χ4n) is 0.884. The Balaban J connectivity index is 0. The van der Waals surface area contributed by atoms with E-state index < -0.39 is 10.4 Å². The van der Waals surface area contributed by atoms with E-state index in [-0.39, 0.29) is 12.1 Å². The van der Waals surface area contributed by atoms with Crippen LogP contribution in [0.1, 0.15) is 40.0 Å². The molecule has 0 aromatic rings. The summed E-state index contributed by atoms with van der Waals surface area (Å²) in [5, 5.41) is 0. The van der Waals surface area contributed by atoms with E-state index in [1.165, 1.54) is 6.08 Å². The van der Waals surface area contributed by atoms with E-state index in [1.54, 1.807) is 0 Å². The average molecular weight is 253 g/mol. The summed E-state index contributed by atoms with van der Waals surface area (Å²) in [6.45, 7) is 9.41. The Hall–Kier alpha value is -0.430. The van der Waals surface area contributed by atoms with Crippen molar-refractivity contribution in [2.24, 2.45) is 5.73 Å². The number of rotatable bonds is 6. The van der Waals surface area contributed by atoms with Crippen molar-refractivity contribution >= 4 is 10.4 Å². The lowest BCUT2D eigenvalue weighted by Gasteiger charge is -2.23. The summed E-state index contributed by atoms with van der Waals surface area (Å²) < 4.78 is 31.0. The SMILES string of the molecule is C=CCOS(=O)(=O)O.CCC(N)(CC)CC. The van der Waals surface area contributed by atoms with Crippen molar-refractivity contribution in [3.63, 3.8) is 0 Å². The van der Waals surface area contributed by atoms with Crippen LogP contribution < -0.4 is 5.73 Å². The molecular formula is C10H23NO4S. The molecule has 5 nitrogen and oxygen atoms in total. The first-order valence-electron chi connectivity index (χ1n) is 5.26. The average Bonchev–Trinajstić information content (AvgIpc) is 2.25. The highest BCUT2D eigenvalue weighted by Crippen LogP contribution is 2.14. The molecule has 16 heavy (non-hydrogen) atoms. The molecular weight excluding hydrogens is 230 g/mol. The van der Waals surface area contributed by atoms with Gasteiger partial charge in [-0.1, -0.05) is 26.8 Å². The lowest BCUT2D eigenvalue weighted by molar-refractivity contribution is 0.296. The summed E-state index contributed by atoms with van der Waals surface area (Å²) >= 11 is 0. The summed E-state index contributed by atoms with van der Waals surface area (Å²) in [6.07, 6.45) is 4.51. The fourth-order valence-corrected chi connectivity index (χ4v) is 1.15. The number of nitrogens with two attached hydrogens (primary N) is 1. The molecule has 98 valence electrons. The topological polar surface area (TPSA) is 89.6 Å². The largest absolute Gasteiger partial charge is 0.397 e. The smallest absolute Gasteiger partial charge is 0.325 e. The molecule has 0 amide bonds.